The summed E-state index contributed by atoms with van der Waals surface area (Å²) in [4.78, 5) is 15.6. The largest absolute Gasteiger partial charge is 0.251 e. The fourth-order valence-electron chi connectivity index (χ4n) is 7.56. The zero-order valence-corrected chi connectivity index (χ0v) is 23.6. The molecule has 38 heavy (non-hydrogen) atoms. The van der Waals surface area contributed by atoms with Crippen molar-refractivity contribution in [3.8, 4) is 0 Å². The maximum absolute atomic E-state index is 15.4. The molecule has 0 saturated heterocycles. The molecule has 1 atom stereocenters. The molecule has 3 aliphatic rings. The molecule has 0 amide bonds. The predicted molar refractivity (Wildman–Crippen MR) is 150 cm³/mol. The summed E-state index contributed by atoms with van der Waals surface area (Å²) >= 11 is 0. The molecule has 3 fully saturated rings. The molecule has 1 unspecified atom stereocenters. The van der Waals surface area contributed by atoms with Gasteiger partial charge in [-0.3, -0.25) is 5.26 Å². The van der Waals surface area contributed by atoms with Gasteiger partial charge in [-0.05, 0) is 111 Å². The molecule has 5 heteroatoms. The van der Waals surface area contributed by atoms with E-state index >= 15 is 4.39 Å². The smallest absolute Gasteiger partial charge is 0.129 e. The molecular formula is C33H51FO4. The van der Waals surface area contributed by atoms with Gasteiger partial charge in [0.15, 0.2) is 0 Å². The summed E-state index contributed by atoms with van der Waals surface area (Å²) in [5, 5.41) is 9.75. The first-order valence-electron chi connectivity index (χ1n) is 15.6. The van der Waals surface area contributed by atoms with Gasteiger partial charge in [0.1, 0.15) is 11.9 Å². The van der Waals surface area contributed by atoms with Crippen LogP contribution in [-0.2, 0) is 14.7 Å². The van der Waals surface area contributed by atoms with Gasteiger partial charge in [-0.1, -0.05) is 51.7 Å². The van der Waals surface area contributed by atoms with Crippen molar-refractivity contribution in [3.63, 3.8) is 0 Å². The summed E-state index contributed by atoms with van der Waals surface area (Å²) in [6, 6.07) is 5.68. The number of benzene rings is 1. The van der Waals surface area contributed by atoms with Crippen LogP contribution in [0.2, 0.25) is 0 Å². The summed E-state index contributed by atoms with van der Waals surface area (Å²) < 4.78 is 15.4. The lowest BCUT2D eigenvalue weighted by atomic mass is 9.68. The minimum Gasteiger partial charge on any atom is -0.251 e. The second-order valence-electron chi connectivity index (χ2n) is 12.4. The molecule has 3 aliphatic carbocycles. The average molecular weight is 531 g/mol. The Hall–Kier alpha value is -1.14. The second-order valence-corrected chi connectivity index (χ2v) is 12.4. The lowest BCUT2D eigenvalue weighted by Gasteiger charge is -2.38. The SMILES string of the molecule is [CH2+][CH-]CCCOOCC1CCC(C(OO)c2ccc(C3CCC(C4CCC(CC)CC4)CC3)cc2F)CC1. The number of unbranched alkanes of at least 4 members (excludes halogenated alkanes) is 2. The van der Waals surface area contributed by atoms with E-state index in [0.717, 1.165) is 61.8 Å². The molecular weight excluding hydrogens is 479 g/mol. The van der Waals surface area contributed by atoms with Crippen molar-refractivity contribution in [2.75, 3.05) is 13.2 Å². The van der Waals surface area contributed by atoms with Gasteiger partial charge in [-0.25, -0.2) is 19.1 Å². The average Bonchev–Trinajstić information content (AvgIpc) is 2.97. The van der Waals surface area contributed by atoms with Crippen LogP contribution in [-0.4, -0.2) is 18.5 Å². The van der Waals surface area contributed by atoms with Crippen molar-refractivity contribution in [2.24, 2.45) is 29.6 Å². The topological polar surface area (TPSA) is 47.9 Å². The minimum atomic E-state index is -0.616. The first-order valence-corrected chi connectivity index (χ1v) is 15.6. The molecule has 0 aromatic heterocycles. The van der Waals surface area contributed by atoms with E-state index in [1.807, 2.05) is 12.5 Å². The quantitative estimate of drug-likeness (QED) is 0.119. The molecule has 0 aliphatic heterocycles. The Morgan fingerprint density at radius 3 is 2.18 bits per heavy atom. The molecule has 4 rings (SSSR count). The molecule has 0 radical (unpaired) electrons. The Morgan fingerprint density at radius 2 is 1.58 bits per heavy atom. The zero-order chi connectivity index (χ0) is 26.7. The lowest BCUT2D eigenvalue weighted by Crippen LogP contribution is -2.25. The van der Waals surface area contributed by atoms with Crippen molar-refractivity contribution in [2.45, 2.75) is 115 Å². The van der Waals surface area contributed by atoms with Crippen molar-refractivity contribution in [3.05, 3.63) is 48.5 Å². The Bertz CT molecular complexity index is 792. The van der Waals surface area contributed by atoms with E-state index in [2.05, 4.69) is 19.9 Å². The third-order valence-corrected chi connectivity index (χ3v) is 10.2. The molecule has 4 nitrogen and oxygen atoms in total. The summed E-state index contributed by atoms with van der Waals surface area (Å²) in [6.45, 7) is 7.20. The standard InChI is InChI=1S/C33H51FO4/c1-3-5-6-21-36-37-23-25-9-13-29(14-10-25)33(38-35)31-20-19-30(22-32(31)34)28-17-15-27(16-18-28)26-11-7-24(4-2)8-12-26/h3,19-20,22,24-29,33,35H,1,4-18,21,23H2,2H3. The number of halogens is 1. The van der Waals surface area contributed by atoms with E-state index in [4.69, 9.17) is 14.7 Å². The Morgan fingerprint density at radius 1 is 0.921 bits per heavy atom. The molecule has 214 valence electrons. The minimum absolute atomic E-state index is 0.100. The Balaban J connectivity index is 1.23. The summed E-state index contributed by atoms with van der Waals surface area (Å²) in [5.74, 6) is 3.47. The van der Waals surface area contributed by atoms with Gasteiger partial charge in [-0.15, -0.1) is 12.8 Å². The number of hydrogen-bond acceptors (Lipinski definition) is 4. The number of rotatable bonds is 13. The van der Waals surface area contributed by atoms with Gasteiger partial charge < -0.3 is 0 Å². The third kappa shape index (κ3) is 8.19. The van der Waals surface area contributed by atoms with E-state index in [1.165, 1.54) is 57.8 Å². The molecule has 0 bridgehead atoms. The first-order chi connectivity index (χ1) is 18.6. The monoisotopic (exact) mass is 530 g/mol. The van der Waals surface area contributed by atoms with Crippen molar-refractivity contribution in [1.29, 1.82) is 0 Å². The van der Waals surface area contributed by atoms with Crippen molar-refractivity contribution in [1.82, 2.24) is 0 Å². The highest BCUT2D eigenvalue weighted by Crippen LogP contribution is 2.45. The second kappa shape index (κ2) is 15.6. The fraction of sp³-hybridized carbons (Fsp3) is 0.758. The summed E-state index contributed by atoms with van der Waals surface area (Å²) in [5.41, 5.74) is 1.60. The van der Waals surface area contributed by atoms with E-state index in [9.17, 15) is 5.26 Å². The Kier molecular flexibility index (Phi) is 12.2. The highest BCUT2D eigenvalue weighted by atomic mass is 19.1. The van der Waals surface area contributed by atoms with E-state index < -0.39 is 6.10 Å². The van der Waals surface area contributed by atoms with Gasteiger partial charge in [0.25, 0.3) is 0 Å². The zero-order valence-electron chi connectivity index (χ0n) is 23.6. The van der Waals surface area contributed by atoms with Gasteiger partial charge in [0.2, 0.25) is 0 Å². The van der Waals surface area contributed by atoms with Gasteiger partial charge in [-0.2, -0.15) is 0 Å². The van der Waals surface area contributed by atoms with Crippen LogP contribution in [0.5, 0.6) is 0 Å². The fourth-order valence-corrected chi connectivity index (χ4v) is 7.56. The summed E-state index contributed by atoms with van der Waals surface area (Å²) in [7, 11) is 0. The van der Waals surface area contributed by atoms with Crippen LogP contribution >= 0.6 is 0 Å². The Labute approximate surface area is 230 Å². The number of hydrogen-bond donors (Lipinski definition) is 1. The lowest BCUT2D eigenvalue weighted by molar-refractivity contribution is -0.307. The normalized spacial score (nSPS) is 31.2. The molecule has 3 saturated carbocycles. The van der Waals surface area contributed by atoms with Crippen LogP contribution in [0.1, 0.15) is 126 Å². The van der Waals surface area contributed by atoms with Crippen LogP contribution in [0.3, 0.4) is 0 Å². The molecule has 1 aromatic carbocycles. The van der Waals surface area contributed by atoms with Crippen LogP contribution in [0, 0.1) is 48.8 Å². The highest BCUT2D eigenvalue weighted by molar-refractivity contribution is 5.29. The molecule has 0 spiro atoms. The van der Waals surface area contributed by atoms with E-state index in [-0.39, 0.29) is 11.7 Å². The molecule has 0 heterocycles. The van der Waals surface area contributed by atoms with Crippen molar-refractivity contribution >= 4 is 0 Å². The van der Waals surface area contributed by atoms with E-state index in [0.29, 0.717) is 30.6 Å². The van der Waals surface area contributed by atoms with Crippen LogP contribution in [0.25, 0.3) is 0 Å². The first kappa shape index (κ1) is 29.8. The van der Waals surface area contributed by atoms with Gasteiger partial charge in [0, 0.05) is 5.56 Å². The predicted octanol–water partition coefficient (Wildman–Crippen LogP) is 9.42. The van der Waals surface area contributed by atoms with E-state index in [1.54, 1.807) is 6.07 Å². The highest BCUT2D eigenvalue weighted by Gasteiger charge is 2.33. The van der Waals surface area contributed by atoms with Crippen LogP contribution < -0.4 is 0 Å². The maximum Gasteiger partial charge on any atom is 0.129 e. The summed E-state index contributed by atoms with van der Waals surface area (Å²) in [6.07, 6.45) is 18.7. The van der Waals surface area contributed by atoms with Crippen LogP contribution in [0.4, 0.5) is 4.39 Å². The van der Waals surface area contributed by atoms with Crippen LogP contribution in [0.15, 0.2) is 18.2 Å². The van der Waals surface area contributed by atoms with Gasteiger partial charge in [0.05, 0.1) is 13.2 Å². The maximum atomic E-state index is 15.4. The molecule has 1 aromatic rings. The third-order valence-electron chi connectivity index (χ3n) is 10.2. The van der Waals surface area contributed by atoms with Gasteiger partial charge >= 0.3 is 0 Å². The van der Waals surface area contributed by atoms with Crippen molar-refractivity contribution < 1.29 is 24.3 Å². The molecule has 1 N–H and O–H groups in total.